The number of nitrogens with zero attached hydrogens (tertiary/aromatic N) is 5. The number of nitrogen functional groups attached to an aromatic ring is 1. The van der Waals surface area contributed by atoms with E-state index in [1.165, 1.54) is 13.2 Å². The molecule has 0 spiro atoms. The van der Waals surface area contributed by atoms with E-state index in [9.17, 15) is 8.60 Å². The lowest BCUT2D eigenvalue weighted by Crippen LogP contribution is -2.37. The SMILES string of the molecule is COc1cc2nc(-c3cnc(N)nc3)nc(N3CCOCC3)c2cc1-c1cccc(C(F)CCNS(=O)O)c1F. The molecule has 0 bridgehead atoms. The summed E-state index contributed by atoms with van der Waals surface area (Å²) in [6.45, 7) is 2.11. The highest BCUT2D eigenvalue weighted by atomic mass is 32.2. The zero-order valence-corrected chi connectivity index (χ0v) is 22.3. The van der Waals surface area contributed by atoms with Crippen LogP contribution in [0.5, 0.6) is 5.75 Å². The average Bonchev–Trinajstić information content (AvgIpc) is 2.96. The second-order valence-electron chi connectivity index (χ2n) is 8.98. The maximum absolute atomic E-state index is 15.8. The number of fused-ring (bicyclic) bond motifs is 1. The van der Waals surface area contributed by atoms with Gasteiger partial charge in [0.05, 0.1) is 31.4 Å². The van der Waals surface area contributed by atoms with Gasteiger partial charge in [0.1, 0.15) is 23.6 Å². The first kappa shape index (κ1) is 27.7. The van der Waals surface area contributed by atoms with E-state index >= 15 is 4.39 Å². The average molecular weight is 572 g/mol. The van der Waals surface area contributed by atoms with E-state index in [2.05, 4.69) is 19.6 Å². The van der Waals surface area contributed by atoms with Crippen molar-refractivity contribution in [2.75, 3.05) is 50.6 Å². The number of nitrogens with one attached hydrogen (secondary N) is 1. The Balaban J connectivity index is 1.63. The molecule has 0 aliphatic carbocycles. The van der Waals surface area contributed by atoms with Crippen LogP contribution in [0.1, 0.15) is 18.2 Å². The Kier molecular flexibility index (Phi) is 8.40. The molecule has 1 fully saturated rings. The number of hydrogen-bond acceptors (Lipinski definition) is 9. The molecule has 4 N–H and O–H groups in total. The summed E-state index contributed by atoms with van der Waals surface area (Å²) in [7, 11) is 1.46. The number of methoxy groups -OCH3 is 1. The summed E-state index contributed by atoms with van der Waals surface area (Å²) in [6, 6.07) is 7.90. The number of alkyl halides is 1. The van der Waals surface area contributed by atoms with Gasteiger partial charge in [-0.05, 0) is 12.5 Å². The van der Waals surface area contributed by atoms with Gasteiger partial charge in [0.15, 0.2) is 5.82 Å². The predicted octanol–water partition coefficient (Wildman–Crippen LogP) is 3.45. The third kappa shape index (κ3) is 5.84. The van der Waals surface area contributed by atoms with E-state index in [-0.39, 0.29) is 30.0 Å². The summed E-state index contributed by atoms with van der Waals surface area (Å²) in [5.41, 5.74) is 7.15. The monoisotopic (exact) mass is 571 g/mol. The van der Waals surface area contributed by atoms with Crippen molar-refractivity contribution in [1.82, 2.24) is 24.7 Å². The smallest absolute Gasteiger partial charge is 0.231 e. The molecule has 11 nitrogen and oxygen atoms in total. The van der Waals surface area contributed by atoms with Crippen LogP contribution >= 0.6 is 0 Å². The minimum absolute atomic E-state index is 0.102. The van der Waals surface area contributed by atoms with Gasteiger partial charge in [-0.15, -0.1) is 0 Å². The summed E-state index contributed by atoms with van der Waals surface area (Å²) in [5.74, 6) is 0.718. The third-order valence-electron chi connectivity index (χ3n) is 6.52. The fraction of sp³-hybridized carbons (Fsp3) is 0.308. The van der Waals surface area contributed by atoms with E-state index in [0.717, 1.165) is 0 Å². The van der Waals surface area contributed by atoms with E-state index in [4.69, 9.17) is 29.7 Å². The summed E-state index contributed by atoms with van der Waals surface area (Å²) in [5, 5.41) is 0.647. The Morgan fingerprint density at radius 2 is 1.95 bits per heavy atom. The molecule has 2 aromatic heterocycles. The zero-order chi connectivity index (χ0) is 28.2. The minimum Gasteiger partial charge on any atom is -0.496 e. The van der Waals surface area contributed by atoms with Crippen molar-refractivity contribution in [3.63, 3.8) is 0 Å². The predicted molar refractivity (Wildman–Crippen MR) is 147 cm³/mol. The highest BCUT2D eigenvalue weighted by molar-refractivity contribution is 7.77. The Morgan fingerprint density at radius 1 is 1.20 bits per heavy atom. The van der Waals surface area contributed by atoms with Crippen LogP contribution in [0.2, 0.25) is 0 Å². The van der Waals surface area contributed by atoms with Crippen LogP contribution < -0.4 is 20.1 Å². The number of halogens is 2. The maximum atomic E-state index is 15.8. The fourth-order valence-corrected chi connectivity index (χ4v) is 4.84. The molecule has 2 aromatic carbocycles. The number of nitrogens with two attached hydrogens (primary N) is 1. The fourth-order valence-electron chi connectivity index (χ4n) is 4.55. The second-order valence-corrected chi connectivity index (χ2v) is 9.77. The Bertz CT molecular complexity index is 1540. The standard InChI is InChI=1S/C26H27F2N7O4S/c1-38-22-12-21-19(11-18(22)16-3-2-4-17(23(16)28)20(27)5-6-32-40(36)37)25(35-7-9-39-10-8-35)34-24(33-21)15-13-30-26(29)31-14-15/h2-4,11-14,20,32H,5-10H2,1H3,(H,36,37)(H2,29,30,31). The molecule has 3 heterocycles. The summed E-state index contributed by atoms with van der Waals surface area (Å²) in [6.07, 6.45) is 1.20. The van der Waals surface area contributed by atoms with Gasteiger partial charge >= 0.3 is 0 Å². The molecule has 40 heavy (non-hydrogen) atoms. The molecule has 0 radical (unpaired) electrons. The molecule has 1 saturated heterocycles. The van der Waals surface area contributed by atoms with Crippen molar-refractivity contribution < 1.29 is 27.0 Å². The van der Waals surface area contributed by atoms with Crippen LogP contribution in [0.15, 0.2) is 42.7 Å². The van der Waals surface area contributed by atoms with Crippen LogP contribution in [-0.2, 0) is 16.0 Å². The van der Waals surface area contributed by atoms with Gasteiger partial charge in [0, 0.05) is 60.2 Å². The van der Waals surface area contributed by atoms with Crippen LogP contribution in [0.4, 0.5) is 20.5 Å². The highest BCUT2D eigenvalue weighted by Gasteiger charge is 2.24. The van der Waals surface area contributed by atoms with Gasteiger partial charge in [-0.3, -0.25) is 4.55 Å². The van der Waals surface area contributed by atoms with E-state index in [1.54, 1.807) is 36.7 Å². The van der Waals surface area contributed by atoms with Crippen molar-refractivity contribution >= 4 is 33.9 Å². The largest absolute Gasteiger partial charge is 0.496 e. The highest BCUT2D eigenvalue weighted by Crippen LogP contribution is 2.40. The summed E-state index contributed by atoms with van der Waals surface area (Å²) < 4.78 is 63.8. The van der Waals surface area contributed by atoms with Gasteiger partial charge in [0.25, 0.3) is 0 Å². The number of benzene rings is 2. The lowest BCUT2D eigenvalue weighted by atomic mass is 9.96. The maximum Gasteiger partial charge on any atom is 0.231 e. The molecule has 14 heteroatoms. The molecule has 0 saturated carbocycles. The minimum atomic E-state index is -2.28. The normalized spacial score (nSPS) is 15.2. The van der Waals surface area contributed by atoms with Crippen molar-refractivity contribution in [2.24, 2.45) is 0 Å². The second kappa shape index (κ2) is 12.1. The quantitative estimate of drug-likeness (QED) is 0.255. The van der Waals surface area contributed by atoms with E-state index in [1.807, 2.05) is 0 Å². The lowest BCUT2D eigenvalue weighted by Gasteiger charge is -2.29. The van der Waals surface area contributed by atoms with Crippen molar-refractivity contribution in [1.29, 1.82) is 0 Å². The number of anilines is 2. The topological polar surface area (TPSA) is 149 Å². The van der Waals surface area contributed by atoms with Gasteiger partial charge in [-0.2, -0.15) is 0 Å². The molecular weight excluding hydrogens is 544 g/mol. The van der Waals surface area contributed by atoms with Gasteiger partial charge in [0.2, 0.25) is 17.2 Å². The van der Waals surface area contributed by atoms with Crippen LogP contribution in [0, 0.1) is 5.82 Å². The molecule has 4 aromatic rings. The zero-order valence-electron chi connectivity index (χ0n) is 21.5. The number of ether oxygens (including phenoxy) is 2. The van der Waals surface area contributed by atoms with Crippen molar-refractivity contribution in [2.45, 2.75) is 12.6 Å². The number of hydrogen-bond donors (Lipinski definition) is 3. The number of aromatic nitrogens is 4. The molecule has 0 amide bonds. The van der Waals surface area contributed by atoms with E-state index < -0.39 is 23.3 Å². The van der Waals surface area contributed by atoms with Gasteiger partial charge in [-0.1, -0.05) is 18.2 Å². The molecule has 5 rings (SSSR count). The first-order valence-corrected chi connectivity index (χ1v) is 13.5. The Morgan fingerprint density at radius 3 is 2.65 bits per heavy atom. The first-order chi connectivity index (χ1) is 19.4. The lowest BCUT2D eigenvalue weighted by molar-refractivity contribution is 0.122. The van der Waals surface area contributed by atoms with Crippen molar-refractivity contribution in [3.05, 3.63) is 54.1 Å². The van der Waals surface area contributed by atoms with E-state index in [0.29, 0.717) is 65.7 Å². The molecule has 2 unspecified atom stereocenters. The van der Waals surface area contributed by atoms with Gasteiger partial charge in [-0.25, -0.2) is 37.6 Å². The Hall–Kier alpha value is -3.85. The molecule has 1 aliphatic heterocycles. The third-order valence-corrected chi connectivity index (χ3v) is 6.97. The molecular formula is C26H27F2N7O4S. The summed E-state index contributed by atoms with van der Waals surface area (Å²) >= 11 is -2.28. The number of morpholine rings is 1. The molecule has 2 atom stereocenters. The Labute approximate surface area is 231 Å². The van der Waals surface area contributed by atoms with Crippen LogP contribution in [-0.4, -0.2) is 68.7 Å². The first-order valence-electron chi connectivity index (χ1n) is 12.4. The molecule has 1 aliphatic rings. The van der Waals surface area contributed by atoms with Gasteiger partial charge < -0.3 is 20.1 Å². The van der Waals surface area contributed by atoms with Crippen LogP contribution in [0.3, 0.4) is 0 Å². The van der Waals surface area contributed by atoms with Crippen LogP contribution in [0.25, 0.3) is 33.4 Å². The number of rotatable bonds is 9. The van der Waals surface area contributed by atoms with Crippen molar-refractivity contribution in [3.8, 4) is 28.3 Å². The summed E-state index contributed by atoms with van der Waals surface area (Å²) in [4.78, 5) is 19.7. The molecule has 210 valence electrons.